The predicted molar refractivity (Wildman–Crippen MR) is 76.2 cm³/mol. The molecule has 2 aromatic carbocycles. The van der Waals surface area contributed by atoms with E-state index in [1.165, 1.54) is 37.4 Å². The topological polar surface area (TPSA) is 38.3 Å². The highest BCUT2D eigenvalue weighted by molar-refractivity contribution is 6.31. The van der Waals surface area contributed by atoms with Crippen molar-refractivity contribution in [1.29, 1.82) is 0 Å². The lowest BCUT2D eigenvalue weighted by Gasteiger charge is -2.19. The van der Waals surface area contributed by atoms with Crippen LogP contribution in [0.15, 0.2) is 42.5 Å². The van der Waals surface area contributed by atoms with E-state index in [-0.39, 0.29) is 10.7 Å². The van der Waals surface area contributed by atoms with E-state index in [0.717, 1.165) is 6.07 Å². The van der Waals surface area contributed by atoms with E-state index in [9.17, 15) is 13.6 Å². The van der Waals surface area contributed by atoms with Gasteiger partial charge in [0.1, 0.15) is 11.6 Å². The summed E-state index contributed by atoms with van der Waals surface area (Å²) in [5.74, 6) is -1.71. The number of ether oxygens (including phenoxy) is 1. The van der Waals surface area contributed by atoms with Crippen LogP contribution in [-0.4, -0.2) is 13.1 Å². The van der Waals surface area contributed by atoms with Gasteiger partial charge in [0, 0.05) is 10.6 Å². The lowest BCUT2D eigenvalue weighted by molar-refractivity contribution is -0.141. The summed E-state index contributed by atoms with van der Waals surface area (Å²) in [4.78, 5) is 11.9. The van der Waals surface area contributed by atoms with E-state index in [1.807, 2.05) is 0 Å². The molecule has 0 fully saturated rings. The van der Waals surface area contributed by atoms with Crippen LogP contribution in [0.4, 0.5) is 14.5 Å². The molecule has 110 valence electrons. The van der Waals surface area contributed by atoms with Crippen molar-refractivity contribution < 1.29 is 18.3 Å². The second-order valence-electron chi connectivity index (χ2n) is 4.25. The Morgan fingerprint density at radius 1 is 1.24 bits per heavy atom. The van der Waals surface area contributed by atoms with Gasteiger partial charge in [0.25, 0.3) is 0 Å². The molecule has 0 radical (unpaired) electrons. The van der Waals surface area contributed by atoms with Gasteiger partial charge in [0.05, 0.1) is 12.8 Å². The number of carbonyl (C=O) groups excluding carboxylic acids is 1. The third kappa shape index (κ3) is 3.49. The quantitative estimate of drug-likeness (QED) is 0.869. The zero-order valence-corrected chi connectivity index (χ0v) is 11.8. The summed E-state index contributed by atoms with van der Waals surface area (Å²) in [6.07, 6.45) is 0. The van der Waals surface area contributed by atoms with E-state index in [2.05, 4.69) is 10.1 Å². The number of anilines is 1. The summed E-state index contributed by atoms with van der Waals surface area (Å²) < 4.78 is 31.5. The van der Waals surface area contributed by atoms with Crippen LogP contribution < -0.4 is 5.32 Å². The Morgan fingerprint density at radius 2 is 1.95 bits per heavy atom. The summed E-state index contributed by atoms with van der Waals surface area (Å²) in [6, 6.07) is 8.43. The van der Waals surface area contributed by atoms with Crippen LogP contribution in [0.2, 0.25) is 5.02 Å². The highest BCUT2D eigenvalue weighted by Crippen LogP contribution is 2.28. The smallest absolute Gasteiger partial charge is 0.333 e. The fourth-order valence-electron chi connectivity index (χ4n) is 1.85. The first-order valence-corrected chi connectivity index (χ1v) is 6.44. The number of hydrogen-bond acceptors (Lipinski definition) is 3. The minimum Gasteiger partial charge on any atom is -0.467 e. The summed E-state index contributed by atoms with van der Waals surface area (Å²) in [6.45, 7) is 0. The maximum atomic E-state index is 13.7. The van der Waals surface area contributed by atoms with Crippen molar-refractivity contribution in [2.75, 3.05) is 12.4 Å². The lowest BCUT2D eigenvalue weighted by atomic mass is 10.1. The normalized spacial score (nSPS) is 11.8. The number of rotatable bonds is 4. The molecule has 0 bridgehead atoms. The molecule has 0 aromatic heterocycles. The third-order valence-electron chi connectivity index (χ3n) is 2.88. The largest absolute Gasteiger partial charge is 0.467 e. The highest BCUT2D eigenvalue weighted by Gasteiger charge is 2.24. The minimum atomic E-state index is -1.04. The first-order chi connectivity index (χ1) is 10.0. The summed E-state index contributed by atoms with van der Waals surface area (Å²) in [5, 5.41) is 2.77. The molecule has 0 heterocycles. The Labute approximate surface area is 125 Å². The molecule has 1 N–H and O–H groups in total. The van der Waals surface area contributed by atoms with Crippen LogP contribution >= 0.6 is 11.6 Å². The minimum absolute atomic E-state index is 0.0502. The second kappa shape index (κ2) is 6.54. The van der Waals surface area contributed by atoms with Gasteiger partial charge >= 0.3 is 5.97 Å². The highest BCUT2D eigenvalue weighted by atomic mass is 35.5. The van der Waals surface area contributed by atoms with Crippen molar-refractivity contribution in [2.45, 2.75) is 6.04 Å². The molecule has 0 amide bonds. The molecule has 1 unspecified atom stereocenters. The molecular formula is C15H12ClF2NO2. The van der Waals surface area contributed by atoms with E-state index in [4.69, 9.17) is 11.6 Å². The molecule has 0 aliphatic rings. The van der Waals surface area contributed by atoms with E-state index >= 15 is 0 Å². The number of halogens is 3. The molecule has 1 atom stereocenters. The molecule has 3 nitrogen and oxygen atoms in total. The lowest BCUT2D eigenvalue weighted by Crippen LogP contribution is -2.23. The van der Waals surface area contributed by atoms with Crippen molar-refractivity contribution >= 4 is 23.3 Å². The molecule has 0 aliphatic carbocycles. The van der Waals surface area contributed by atoms with Gasteiger partial charge < -0.3 is 10.1 Å². The number of benzene rings is 2. The number of hydrogen-bond donors (Lipinski definition) is 1. The van der Waals surface area contributed by atoms with Crippen molar-refractivity contribution in [2.24, 2.45) is 0 Å². The monoisotopic (exact) mass is 311 g/mol. The zero-order valence-electron chi connectivity index (χ0n) is 11.1. The van der Waals surface area contributed by atoms with Crippen molar-refractivity contribution in [3.05, 3.63) is 64.7 Å². The maximum Gasteiger partial charge on any atom is 0.333 e. The van der Waals surface area contributed by atoms with Gasteiger partial charge in [-0.2, -0.15) is 0 Å². The third-order valence-corrected chi connectivity index (χ3v) is 3.21. The van der Waals surface area contributed by atoms with Gasteiger partial charge in [-0.1, -0.05) is 29.8 Å². The summed E-state index contributed by atoms with van der Waals surface area (Å²) in [7, 11) is 1.20. The first-order valence-electron chi connectivity index (χ1n) is 6.06. The van der Waals surface area contributed by atoms with Crippen molar-refractivity contribution in [3.63, 3.8) is 0 Å². The molecule has 0 saturated heterocycles. The maximum absolute atomic E-state index is 13.7. The zero-order chi connectivity index (χ0) is 15.4. The van der Waals surface area contributed by atoms with Crippen LogP contribution in [0, 0.1) is 11.6 Å². The fraction of sp³-hybridized carbons (Fsp3) is 0.133. The summed E-state index contributed by atoms with van der Waals surface area (Å²) >= 11 is 5.95. The van der Waals surface area contributed by atoms with Gasteiger partial charge in [-0.25, -0.2) is 13.6 Å². The van der Waals surface area contributed by atoms with Crippen LogP contribution in [0.5, 0.6) is 0 Å². The predicted octanol–water partition coefficient (Wildman–Crippen LogP) is 3.94. The Hall–Kier alpha value is -2.14. The van der Waals surface area contributed by atoms with Gasteiger partial charge in [-0.15, -0.1) is 0 Å². The van der Waals surface area contributed by atoms with E-state index in [0.29, 0.717) is 5.56 Å². The summed E-state index contributed by atoms with van der Waals surface area (Å²) in [5.41, 5.74) is 0.418. The Balaban J connectivity index is 2.40. The van der Waals surface area contributed by atoms with Gasteiger partial charge in [-0.05, 0) is 24.3 Å². The molecule has 0 saturated carbocycles. The molecule has 21 heavy (non-hydrogen) atoms. The fourth-order valence-corrected chi connectivity index (χ4v) is 2.13. The Kier molecular flexibility index (Phi) is 4.75. The van der Waals surface area contributed by atoms with Crippen LogP contribution in [0.25, 0.3) is 0 Å². The molecule has 2 rings (SSSR count). The SMILES string of the molecule is COC(=O)C(Nc1ccccc1F)c1ccc(F)cc1Cl. The number of methoxy groups -OCH3 is 1. The van der Waals surface area contributed by atoms with Crippen LogP contribution in [0.3, 0.4) is 0 Å². The van der Waals surface area contributed by atoms with Gasteiger partial charge in [0.2, 0.25) is 0 Å². The van der Waals surface area contributed by atoms with E-state index < -0.39 is 23.6 Å². The van der Waals surface area contributed by atoms with Crippen molar-refractivity contribution in [1.82, 2.24) is 0 Å². The Morgan fingerprint density at radius 3 is 2.57 bits per heavy atom. The second-order valence-corrected chi connectivity index (χ2v) is 4.65. The molecule has 0 aliphatic heterocycles. The Bertz CT molecular complexity index is 664. The molecule has 2 aromatic rings. The average molecular weight is 312 g/mol. The van der Waals surface area contributed by atoms with Gasteiger partial charge in [-0.3, -0.25) is 0 Å². The number of esters is 1. The average Bonchev–Trinajstić information content (AvgIpc) is 2.46. The number of nitrogens with one attached hydrogen (secondary N) is 1. The van der Waals surface area contributed by atoms with Crippen molar-refractivity contribution in [3.8, 4) is 0 Å². The van der Waals surface area contributed by atoms with Crippen LogP contribution in [-0.2, 0) is 9.53 Å². The van der Waals surface area contributed by atoms with E-state index in [1.54, 1.807) is 6.07 Å². The molecule has 0 spiro atoms. The molecular weight excluding hydrogens is 300 g/mol. The molecule has 6 heteroatoms. The number of para-hydroxylation sites is 1. The van der Waals surface area contributed by atoms with Crippen LogP contribution in [0.1, 0.15) is 11.6 Å². The standard InChI is InChI=1S/C15H12ClF2NO2/c1-21-15(20)14(10-7-6-9(17)8-11(10)16)19-13-5-3-2-4-12(13)18/h2-8,14,19H,1H3. The first kappa shape index (κ1) is 15.3. The van der Waals surface area contributed by atoms with Gasteiger partial charge in [0.15, 0.2) is 6.04 Å². The number of carbonyl (C=O) groups is 1.